The number of benzene rings is 1. The first-order chi connectivity index (χ1) is 11.4. The number of aliphatic hydroxyl groups is 1. The summed E-state index contributed by atoms with van der Waals surface area (Å²) in [4.78, 5) is 4.54. The van der Waals surface area contributed by atoms with Crippen LogP contribution in [0, 0.1) is 0 Å². The van der Waals surface area contributed by atoms with Crippen LogP contribution in [0.15, 0.2) is 24.3 Å². The Hall–Kier alpha value is -1.31. The van der Waals surface area contributed by atoms with Crippen LogP contribution < -0.4 is 4.74 Å². The van der Waals surface area contributed by atoms with Crippen LogP contribution in [0.1, 0.15) is 18.9 Å². The lowest BCUT2D eigenvalue weighted by atomic mass is 10.2. The van der Waals surface area contributed by atoms with Gasteiger partial charge in [-0.05, 0) is 44.3 Å². The van der Waals surface area contributed by atoms with Crippen LogP contribution in [0.2, 0.25) is 0 Å². The zero-order chi connectivity index (χ0) is 17.6. The first-order valence-corrected chi connectivity index (χ1v) is 8.31. The third-order valence-electron chi connectivity index (χ3n) is 4.20. The molecule has 136 valence electrons. The fourth-order valence-corrected chi connectivity index (χ4v) is 2.83. The minimum Gasteiger partial charge on any atom is -0.491 e. The molecule has 1 aromatic rings. The minimum absolute atomic E-state index is 0.0185. The van der Waals surface area contributed by atoms with Crippen LogP contribution in [-0.4, -0.2) is 66.9 Å². The normalized spacial score (nSPS) is 19.0. The molecule has 1 atom stereocenters. The monoisotopic (exact) mass is 346 g/mol. The SMILES string of the molecule is CCN1CCCN(CC(O)COc2cccc(C(F)(F)F)c2)CC1. The van der Waals surface area contributed by atoms with Gasteiger partial charge in [0.2, 0.25) is 0 Å². The number of hydrogen-bond donors (Lipinski definition) is 1. The first-order valence-electron chi connectivity index (χ1n) is 8.31. The molecule has 1 aliphatic rings. The lowest BCUT2D eigenvalue weighted by Gasteiger charge is -2.23. The van der Waals surface area contributed by atoms with Crippen molar-refractivity contribution in [3.05, 3.63) is 29.8 Å². The number of likely N-dealkylation sites (N-methyl/N-ethyl adjacent to an activating group) is 1. The van der Waals surface area contributed by atoms with Crippen molar-refractivity contribution in [1.82, 2.24) is 9.80 Å². The molecule has 1 heterocycles. The van der Waals surface area contributed by atoms with Crippen molar-refractivity contribution in [2.24, 2.45) is 0 Å². The van der Waals surface area contributed by atoms with Crippen molar-refractivity contribution in [2.45, 2.75) is 25.6 Å². The van der Waals surface area contributed by atoms with Crippen LogP contribution in [0.25, 0.3) is 0 Å². The molecule has 0 aromatic heterocycles. The summed E-state index contributed by atoms with van der Waals surface area (Å²) < 4.78 is 43.3. The van der Waals surface area contributed by atoms with Gasteiger partial charge >= 0.3 is 6.18 Å². The lowest BCUT2D eigenvalue weighted by molar-refractivity contribution is -0.137. The molecular formula is C17H25F3N2O2. The van der Waals surface area contributed by atoms with Gasteiger partial charge in [0.1, 0.15) is 18.5 Å². The summed E-state index contributed by atoms with van der Waals surface area (Å²) in [5, 5.41) is 10.1. The average Bonchev–Trinajstić information content (AvgIpc) is 2.77. The fourth-order valence-electron chi connectivity index (χ4n) is 2.83. The molecule has 0 saturated carbocycles. The summed E-state index contributed by atoms with van der Waals surface area (Å²) >= 11 is 0. The van der Waals surface area contributed by atoms with E-state index in [2.05, 4.69) is 16.7 Å². The van der Waals surface area contributed by atoms with Crippen molar-refractivity contribution in [3.8, 4) is 5.75 Å². The maximum absolute atomic E-state index is 12.7. The number of alkyl halides is 3. The quantitative estimate of drug-likeness (QED) is 0.858. The van der Waals surface area contributed by atoms with Crippen LogP contribution in [-0.2, 0) is 6.18 Å². The molecule has 1 saturated heterocycles. The Labute approximate surface area is 140 Å². The summed E-state index contributed by atoms with van der Waals surface area (Å²) in [7, 11) is 0. The second-order valence-corrected chi connectivity index (χ2v) is 6.08. The van der Waals surface area contributed by atoms with E-state index in [1.54, 1.807) is 0 Å². The Morgan fingerprint density at radius 3 is 2.58 bits per heavy atom. The van der Waals surface area contributed by atoms with Gasteiger partial charge in [-0.2, -0.15) is 13.2 Å². The molecule has 0 bridgehead atoms. The Balaban J connectivity index is 1.80. The fraction of sp³-hybridized carbons (Fsp3) is 0.647. The average molecular weight is 346 g/mol. The molecule has 0 amide bonds. The Bertz CT molecular complexity index is 511. The highest BCUT2D eigenvalue weighted by atomic mass is 19.4. The lowest BCUT2D eigenvalue weighted by Crippen LogP contribution is -2.38. The highest BCUT2D eigenvalue weighted by Crippen LogP contribution is 2.31. The van der Waals surface area contributed by atoms with E-state index in [1.807, 2.05) is 0 Å². The van der Waals surface area contributed by atoms with E-state index in [4.69, 9.17) is 4.74 Å². The summed E-state index contributed by atoms with van der Waals surface area (Å²) in [5.74, 6) is 0.122. The summed E-state index contributed by atoms with van der Waals surface area (Å²) in [6.07, 6.45) is -4.07. The van der Waals surface area contributed by atoms with Gasteiger partial charge in [-0.3, -0.25) is 4.90 Å². The van der Waals surface area contributed by atoms with Gasteiger partial charge in [-0.1, -0.05) is 13.0 Å². The third kappa shape index (κ3) is 5.96. The van der Waals surface area contributed by atoms with Gasteiger partial charge < -0.3 is 14.7 Å². The number of halogens is 3. The molecular weight excluding hydrogens is 321 g/mol. The van der Waals surface area contributed by atoms with Gasteiger partial charge in [-0.15, -0.1) is 0 Å². The smallest absolute Gasteiger partial charge is 0.416 e. The van der Waals surface area contributed by atoms with E-state index in [0.29, 0.717) is 6.54 Å². The Morgan fingerprint density at radius 1 is 1.17 bits per heavy atom. The molecule has 1 unspecified atom stereocenters. The first kappa shape index (κ1) is 19.0. The number of hydrogen-bond acceptors (Lipinski definition) is 4. The molecule has 7 heteroatoms. The predicted octanol–water partition coefficient (Wildman–Crippen LogP) is 2.47. The zero-order valence-corrected chi connectivity index (χ0v) is 13.9. The second-order valence-electron chi connectivity index (χ2n) is 6.08. The zero-order valence-electron chi connectivity index (χ0n) is 13.9. The van der Waals surface area contributed by atoms with Gasteiger partial charge in [0.25, 0.3) is 0 Å². The topological polar surface area (TPSA) is 35.9 Å². The van der Waals surface area contributed by atoms with Gasteiger partial charge in [0.05, 0.1) is 5.56 Å². The molecule has 1 N–H and O–H groups in total. The van der Waals surface area contributed by atoms with Gasteiger partial charge in [0, 0.05) is 19.6 Å². The number of nitrogens with zero attached hydrogens (tertiary/aromatic N) is 2. The number of aliphatic hydroxyl groups excluding tert-OH is 1. The maximum Gasteiger partial charge on any atom is 0.416 e. The summed E-state index contributed by atoms with van der Waals surface area (Å²) in [6.45, 7) is 7.43. The molecule has 0 spiro atoms. The molecule has 0 radical (unpaired) electrons. The van der Waals surface area contributed by atoms with Crippen LogP contribution in [0.4, 0.5) is 13.2 Å². The van der Waals surface area contributed by atoms with Crippen molar-refractivity contribution >= 4 is 0 Å². The molecule has 1 aliphatic heterocycles. The van der Waals surface area contributed by atoms with Crippen molar-refractivity contribution < 1.29 is 23.0 Å². The molecule has 4 nitrogen and oxygen atoms in total. The van der Waals surface area contributed by atoms with Gasteiger partial charge in [-0.25, -0.2) is 0 Å². The molecule has 2 rings (SSSR count). The largest absolute Gasteiger partial charge is 0.491 e. The number of β-amino-alcohol motifs (C(OH)–C–C–N with tert-alkyl or cyclic N) is 1. The van der Waals surface area contributed by atoms with E-state index in [9.17, 15) is 18.3 Å². The van der Waals surface area contributed by atoms with Crippen LogP contribution in [0.5, 0.6) is 5.75 Å². The van der Waals surface area contributed by atoms with E-state index in [1.165, 1.54) is 12.1 Å². The number of rotatable bonds is 6. The predicted molar refractivity (Wildman–Crippen MR) is 86.1 cm³/mol. The molecule has 1 fully saturated rings. The van der Waals surface area contributed by atoms with Crippen LogP contribution >= 0.6 is 0 Å². The number of ether oxygens (including phenoxy) is 1. The van der Waals surface area contributed by atoms with Crippen molar-refractivity contribution in [3.63, 3.8) is 0 Å². The minimum atomic E-state index is -4.39. The molecule has 0 aliphatic carbocycles. The molecule has 1 aromatic carbocycles. The van der Waals surface area contributed by atoms with E-state index < -0.39 is 17.8 Å². The maximum atomic E-state index is 12.7. The second kappa shape index (κ2) is 8.69. The Morgan fingerprint density at radius 2 is 1.88 bits per heavy atom. The van der Waals surface area contributed by atoms with Gasteiger partial charge in [0.15, 0.2) is 0 Å². The van der Waals surface area contributed by atoms with Crippen LogP contribution in [0.3, 0.4) is 0 Å². The Kier molecular flexibility index (Phi) is 6.89. The molecule has 24 heavy (non-hydrogen) atoms. The third-order valence-corrected chi connectivity index (χ3v) is 4.20. The van der Waals surface area contributed by atoms with E-state index in [-0.39, 0.29) is 12.4 Å². The van der Waals surface area contributed by atoms with Crippen molar-refractivity contribution in [1.29, 1.82) is 0 Å². The summed E-state index contributed by atoms with van der Waals surface area (Å²) in [6, 6.07) is 4.73. The summed E-state index contributed by atoms with van der Waals surface area (Å²) in [5.41, 5.74) is -0.748. The van der Waals surface area contributed by atoms with E-state index >= 15 is 0 Å². The highest BCUT2D eigenvalue weighted by molar-refractivity contribution is 5.30. The standard InChI is InChI=1S/C17H25F3N2O2/c1-2-21-7-4-8-22(10-9-21)12-15(23)13-24-16-6-3-5-14(11-16)17(18,19)20/h3,5-6,11,15,23H,2,4,7-10,12-13H2,1H3. The highest BCUT2D eigenvalue weighted by Gasteiger charge is 2.30. The van der Waals surface area contributed by atoms with Crippen molar-refractivity contribution in [2.75, 3.05) is 45.9 Å². The van der Waals surface area contributed by atoms with E-state index in [0.717, 1.165) is 51.3 Å².